The fourth-order valence-electron chi connectivity index (χ4n) is 0.710. The molecule has 1 nitrogen and oxygen atoms in total. The van der Waals surface area contributed by atoms with Crippen LogP contribution in [0.1, 0.15) is 5.56 Å². The molecule has 1 aromatic rings. The molecular formula is C7H6Br2O. The van der Waals surface area contributed by atoms with Gasteiger partial charge in [-0.15, -0.1) is 0 Å². The summed E-state index contributed by atoms with van der Waals surface area (Å²) in [7, 11) is 0. The summed E-state index contributed by atoms with van der Waals surface area (Å²) >= 11 is 6.57. The molecule has 0 amide bonds. The number of halogens is 2. The maximum atomic E-state index is 9.07. The molecular weight excluding hydrogens is 260 g/mol. The average Bonchev–Trinajstić information content (AvgIpc) is 1.85. The molecule has 1 aromatic carbocycles. The molecule has 0 radical (unpaired) electrons. The van der Waals surface area contributed by atoms with Crippen molar-refractivity contribution in [2.45, 2.75) is 5.33 Å². The third-order valence-electron chi connectivity index (χ3n) is 1.10. The van der Waals surface area contributed by atoms with Crippen molar-refractivity contribution in [1.82, 2.24) is 0 Å². The summed E-state index contributed by atoms with van der Waals surface area (Å²) in [5.74, 6) is 0.295. The molecule has 0 saturated carbocycles. The van der Waals surface area contributed by atoms with Crippen LogP contribution in [-0.2, 0) is 5.33 Å². The summed E-state index contributed by atoms with van der Waals surface area (Å²) in [4.78, 5) is 0. The van der Waals surface area contributed by atoms with Gasteiger partial charge in [-0.05, 0) is 23.8 Å². The van der Waals surface area contributed by atoms with E-state index in [2.05, 4.69) is 31.9 Å². The highest BCUT2D eigenvalue weighted by Gasteiger charge is 1.94. The van der Waals surface area contributed by atoms with E-state index in [-0.39, 0.29) is 0 Å². The van der Waals surface area contributed by atoms with E-state index in [0.717, 1.165) is 15.4 Å². The minimum absolute atomic E-state index is 0.295. The zero-order valence-electron chi connectivity index (χ0n) is 5.14. The second kappa shape index (κ2) is 3.39. The van der Waals surface area contributed by atoms with Crippen LogP contribution in [0.25, 0.3) is 0 Å². The molecule has 0 heterocycles. The van der Waals surface area contributed by atoms with Gasteiger partial charge in [0.15, 0.2) is 0 Å². The van der Waals surface area contributed by atoms with E-state index in [1.807, 2.05) is 6.07 Å². The van der Waals surface area contributed by atoms with Gasteiger partial charge in [-0.25, -0.2) is 0 Å². The van der Waals surface area contributed by atoms with Crippen LogP contribution in [0.4, 0.5) is 0 Å². The van der Waals surface area contributed by atoms with Crippen LogP contribution >= 0.6 is 31.9 Å². The van der Waals surface area contributed by atoms with Gasteiger partial charge >= 0.3 is 0 Å². The number of benzene rings is 1. The van der Waals surface area contributed by atoms with Crippen LogP contribution in [0, 0.1) is 0 Å². The topological polar surface area (TPSA) is 20.2 Å². The first-order chi connectivity index (χ1) is 4.72. The van der Waals surface area contributed by atoms with Crippen LogP contribution in [-0.4, -0.2) is 5.11 Å². The summed E-state index contributed by atoms with van der Waals surface area (Å²) in [6, 6.07) is 5.33. The lowest BCUT2D eigenvalue weighted by atomic mass is 10.2. The molecule has 0 spiro atoms. The minimum atomic E-state index is 0.295. The Labute approximate surface area is 76.3 Å². The molecule has 0 saturated heterocycles. The molecule has 0 atom stereocenters. The predicted octanol–water partition coefficient (Wildman–Crippen LogP) is 3.05. The Kier molecular flexibility index (Phi) is 2.74. The van der Waals surface area contributed by atoms with Gasteiger partial charge in [-0.1, -0.05) is 31.9 Å². The monoisotopic (exact) mass is 264 g/mol. The molecule has 0 aliphatic carbocycles. The molecule has 0 unspecified atom stereocenters. The molecule has 0 bridgehead atoms. The number of alkyl halides is 1. The van der Waals surface area contributed by atoms with Gasteiger partial charge in [0.2, 0.25) is 0 Å². The lowest BCUT2D eigenvalue weighted by Crippen LogP contribution is -1.76. The minimum Gasteiger partial charge on any atom is -0.508 e. The van der Waals surface area contributed by atoms with E-state index in [9.17, 15) is 0 Å². The first-order valence-corrected chi connectivity index (χ1v) is 4.68. The average molecular weight is 266 g/mol. The number of hydrogen-bond donors (Lipinski definition) is 1. The van der Waals surface area contributed by atoms with Crippen molar-refractivity contribution < 1.29 is 5.11 Å². The van der Waals surface area contributed by atoms with Crippen molar-refractivity contribution in [2.24, 2.45) is 0 Å². The molecule has 54 valence electrons. The standard InChI is InChI=1S/C7H6Br2O/c8-4-5-1-6(9)3-7(10)2-5/h1-3,10H,4H2. The Morgan fingerprint density at radius 3 is 2.50 bits per heavy atom. The first-order valence-electron chi connectivity index (χ1n) is 2.77. The summed E-state index contributed by atoms with van der Waals surface area (Å²) in [5, 5.41) is 9.84. The quantitative estimate of drug-likeness (QED) is 0.774. The van der Waals surface area contributed by atoms with Crippen LogP contribution in [0.15, 0.2) is 22.7 Å². The Balaban J connectivity index is 3.06. The van der Waals surface area contributed by atoms with Crippen molar-refractivity contribution in [3.05, 3.63) is 28.2 Å². The second-order valence-corrected chi connectivity index (χ2v) is 3.43. The molecule has 0 aliphatic heterocycles. The van der Waals surface area contributed by atoms with E-state index in [1.54, 1.807) is 12.1 Å². The van der Waals surface area contributed by atoms with E-state index in [0.29, 0.717) is 5.75 Å². The Bertz CT molecular complexity index is 215. The highest BCUT2D eigenvalue weighted by molar-refractivity contribution is 9.10. The van der Waals surface area contributed by atoms with Gasteiger partial charge in [0, 0.05) is 9.80 Å². The van der Waals surface area contributed by atoms with E-state index in [4.69, 9.17) is 5.11 Å². The number of hydrogen-bond acceptors (Lipinski definition) is 1. The predicted molar refractivity (Wildman–Crippen MR) is 48.4 cm³/mol. The molecule has 0 fully saturated rings. The number of phenols is 1. The fraction of sp³-hybridized carbons (Fsp3) is 0.143. The first kappa shape index (κ1) is 8.08. The number of aromatic hydroxyl groups is 1. The van der Waals surface area contributed by atoms with Crippen molar-refractivity contribution in [3.8, 4) is 5.75 Å². The van der Waals surface area contributed by atoms with Crippen molar-refractivity contribution in [2.75, 3.05) is 0 Å². The zero-order valence-corrected chi connectivity index (χ0v) is 8.31. The van der Waals surface area contributed by atoms with E-state index in [1.165, 1.54) is 0 Å². The Morgan fingerprint density at radius 2 is 2.00 bits per heavy atom. The second-order valence-electron chi connectivity index (χ2n) is 1.95. The summed E-state index contributed by atoms with van der Waals surface area (Å²) in [6.45, 7) is 0. The Hall–Kier alpha value is -0.0200. The van der Waals surface area contributed by atoms with Gasteiger partial charge in [0.25, 0.3) is 0 Å². The lowest BCUT2D eigenvalue weighted by molar-refractivity contribution is 0.474. The van der Waals surface area contributed by atoms with Gasteiger partial charge < -0.3 is 5.11 Å². The number of rotatable bonds is 1. The van der Waals surface area contributed by atoms with E-state index >= 15 is 0 Å². The largest absolute Gasteiger partial charge is 0.508 e. The zero-order chi connectivity index (χ0) is 7.56. The fourth-order valence-corrected chi connectivity index (χ4v) is 1.56. The van der Waals surface area contributed by atoms with Gasteiger partial charge in [0.1, 0.15) is 5.75 Å². The molecule has 0 aromatic heterocycles. The normalized spacial score (nSPS) is 9.80. The lowest BCUT2D eigenvalue weighted by Gasteiger charge is -1.97. The third-order valence-corrected chi connectivity index (χ3v) is 2.20. The molecule has 1 rings (SSSR count). The smallest absolute Gasteiger partial charge is 0.117 e. The van der Waals surface area contributed by atoms with Gasteiger partial charge in [0.05, 0.1) is 0 Å². The van der Waals surface area contributed by atoms with Crippen molar-refractivity contribution >= 4 is 31.9 Å². The maximum absolute atomic E-state index is 9.07. The highest BCUT2D eigenvalue weighted by Crippen LogP contribution is 2.21. The SMILES string of the molecule is Oc1cc(Br)cc(CBr)c1. The van der Waals surface area contributed by atoms with Crippen LogP contribution in [0.2, 0.25) is 0 Å². The van der Waals surface area contributed by atoms with Gasteiger partial charge in [-0.3, -0.25) is 0 Å². The molecule has 10 heavy (non-hydrogen) atoms. The maximum Gasteiger partial charge on any atom is 0.117 e. The van der Waals surface area contributed by atoms with Crippen LogP contribution < -0.4 is 0 Å². The van der Waals surface area contributed by atoms with Crippen LogP contribution in [0.3, 0.4) is 0 Å². The molecule has 0 aliphatic rings. The molecule has 3 heteroatoms. The van der Waals surface area contributed by atoms with Crippen molar-refractivity contribution in [1.29, 1.82) is 0 Å². The summed E-state index contributed by atoms with van der Waals surface area (Å²) in [6.07, 6.45) is 0. The summed E-state index contributed by atoms with van der Waals surface area (Å²) in [5.41, 5.74) is 1.06. The van der Waals surface area contributed by atoms with Crippen LogP contribution in [0.5, 0.6) is 5.75 Å². The molecule has 1 N–H and O–H groups in total. The third kappa shape index (κ3) is 1.99. The highest BCUT2D eigenvalue weighted by atomic mass is 79.9. The van der Waals surface area contributed by atoms with Gasteiger partial charge in [-0.2, -0.15) is 0 Å². The number of phenolic OH excluding ortho intramolecular Hbond substituents is 1. The van der Waals surface area contributed by atoms with Crippen molar-refractivity contribution in [3.63, 3.8) is 0 Å². The van der Waals surface area contributed by atoms with E-state index < -0.39 is 0 Å². The Morgan fingerprint density at radius 1 is 1.30 bits per heavy atom. The summed E-state index contributed by atoms with van der Waals surface area (Å²) < 4.78 is 0.905.